The van der Waals surface area contributed by atoms with Crippen molar-refractivity contribution in [1.82, 2.24) is 0 Å². The first-order valence-electron chi connectivity index (χ1n) is 4.77. The number of nitrogens with zero attached hydrogens (tertiary/aromatic N) is 2. The Balaban J connectivity index is 0.00000484. The SMILES string of the molecule is Cc1c(Br)c(S(=O)(=O)O)c(S(=O)(=O)O)c([N+]#N)c1S(=O)(=O)O.[Br-]. The van der Waals surface area contributed by atoms with Crippen LogP contribution >= 0.6 is 15.9 Å². The third kappa shape index (κ3) is 4.24. The molecule has 0 spiro atoms. The van der Waals surface area contributed by atoms with Crippen LogP contribution in [0.3, 0.4) is 0 Å². The first kappa shape index (κ1) is 22.3. The van der Waals surface area contributed by atoms with E-state index in [-0.39, 0.29) is 17.0 Å². The van der Waals surface area contributed by atoms with Crippen LogP contribution in [0.5, 0.6) is 0 Å². The molecule has 1 rings (SSSR count). The molecule has 0 aliphatic heterocycles. The van der Waals surface area contributed by atoms with E-state index >= 15 is 0 Å². The Morgan fingerprint density at radius 2 is 1.22 bits per heavy atom. The monoisotopic (exact) mass is 516 g/mol. The highest BCUT2D eigenvalue weighted by molar-refractivity contribution is 9.10. The summed E-state index contributed by atoms with van der Waals surface area (Å²) in [7, 11) is -16.0. The zero-order chi connectivity index (χ0) is 17.7. The van der Waals surface area contributed by atoms with Crippen molar-refractivity contribution < 1.29 is 55.9 Å². The predicted molar refractivity (Wildman–Crippen MR) is 73.1 cm³/mol. The molecule has 0 fully saturated rings. The summed E-state index contributed by atoms with van der Waals surface area (Å²) < 4.78 is 94.4. The standard InChI is InChI=1S/C7H5BrN2O9S3.BrH/c1-2-3(8)6(21(14,15)16)7(22(17,18)19)4(10-9)5(2)20(11,12)13;/h1H3,(H2-,11,12,13,14,15,16,17,18,19);1H. The molecule has 11 nitrogen and oxygen atoms in total. The summed E-state index contributed by atoms with van der Waals surface area (Å²) in [4.78, 5) is -2.14. The van der Waals surface area contributed by atoms with E-state index in [4.69, 9.17) is 19.1 Å². The van der Waals surface area contributed by atoms with Crippen molar-refractivity contribution in [3.8, 4) is 0 Å². The molecule has 16 heteroatoms. The molecule has 0 heterocycles. The number of halogens is 2. The zero-order valence-corrected chi connectivity index (χ0v) is 16.3. The second-order valence-corrected chi connectivity index (χ2v) is 8.67. The number of rotatable bonds is 3. The molecule has 0 atom stereocenters. The Hall–Kier alpha value is -0.670. The lowest BCUT2D eigenvalue weighted by Gasteiger charge is -2.10. The fourth-order valence-corrected chi connectivity index (χ4v) is 5.91. The largest absolute Gasteiger partial charge is 1.00 e. The van der Waals surface area contributed by atoms with E-state index in [1.54, 1.807) is 0 Å². The summed E-state index contributed by atoms with van der Waals surface area (Å²) in [6.45, 7) is 0.921. The zero-order valence-electron chi connectivity index (χ0n) is 10.7. The maximum atomic E-state index is 11.3. The van der Waals surface area contributed by atoms with Crippen LogP contribution in [0.2, 0.25) is 0 Å². The average molecular weight is 518 g/mol. The van der Waals surface area contributed by atoms with Crippen molar-refractivity contribution in [2.75, 3.05) is 0 Å². The quantitative estimate of drug-likeness (QED) is 0.298. The Morgan fingerprint density at radius 3 is 1.48 bits per heavy atom. The van der Waals surface area contributed by atoms with Gasteiger partial charge in [0.05, 0.1) is 0 Å². The Morgan fingerprint density at radius 1 is 0.870 bits per heavy atom. The first-order valence-corrected chi connectivity index (χ1v) is 9.89. The van der Waals surface area contributed by atoms with Crippen LogP contribution < -0.4 is 17.0 Å². The molecule has 3 N–H and O–H groups in total. The smallest absolute Gasteiger partial charge is 0.428 e. The summed E-state index contributed by atoms with van der Waals surface area (Å²) in [5, 5.41) is 8.81. The van der Waals surface area contributed by atoms with Gasteiger partial charge in [-0.1, -0.05) is 0 Å². The van der Waals surface area contributed by atoms with Gasteiger partial charge in [-0.25, -0.2) is 0 Å². The van der Waals surface area contributed by atoms with Crippen molar-refractivity contribution in [2.24, 2.45) is 0 Å². The lowest BCUT2D eigenvalue weighted by molar-refractivity contribution is -0.0000170. The molecule has 0 unspecified atom stereocenters. The highest BCUT2D eigenvalue weighted by Gasteiger charge is 2.44. The van der Waals surface area contributed by atoms with E-state index < -0.39 is 60.8 Å². The molecule has 0 saturated carbocycles. The van der Waals surface area contributed by atoms with Crippen LogP contribution in [0.1, 0.15) is 5.56 Å². The van der Waals surface area contributed by atoms with Crippen LogP contribution in [0.4, 0.5) is 5.69 Å². The van der Waals surface area contributed by atoms with Gasteiger partial charge < -0.3 is 17.0 Å². The molecule has 0 aromatic heterocycles. The molecular formula is C7H6Br2N2O9S3. The second-order valence-electron chi connectivity index (χ2n) is 3.80. The van der Waals surface area contributed by atoms with Gasteiger partial charge in [0, 0.05) is 4.47 Å². The Kier molecular flexibility index (Phi) is 6.48. The summed E-state index contributed by atoms with van der Waals surface area (Å²) in [6, 6.07) is 0. The van der Waals surface area contributed by atoms with Gasteiger partial charge in [0.1, 0.15) is 4.90 Å². The van der Waals surface area contributed by atoms with Crippen LogP contribution in [-0.2, 0) is 30.4 Å². The van der Waals surface area contributed by atoms with Gasteiger partial charge in [0.25, 0.3) is 10.1 Å². The van der Waals surface area contributed by atoms with Gasteiger partial charge in [-0.05, 0) is 28.4 Å². The van der Waals surface area contributed by atoms with E-state index in [0.717, 1.165) is 6.92 Å². The lowest BCUT2D eigenvalue weighted by Crippen LogP contribution is -3.00. The number of hydrogen-bond donors (Lipinski definition) is 3. The van der Waals surface area contributed by atoms with Crippen LogP contribution in [-0.4, -0.2) is 38.9 Å². The highest BCUT2D eigenvalue weighted by Crippen LogP contribution is 2.44. The summed E-state index contributed by atoms with van der Waals surface area (Å²) in [6.07, 6.45) is 0. The summed E-state index contributed by atoms with van der Waals surface area (Å²) >= 11 is 2.55. The van der Waals surface area contributed by atoms with Gasteiger partial charge in [0.2, 0.25) is 10.3 Å². The molecule has 0 aliphatic carbocycles. The molecule has 0 radical (unpaired) electrons. The fourth-order valence-electron chi connectivity index (χ4n) is 1.63. The number of diazo groups is 1. The summed E-state index contributed by atoms with van der Waals surface area (Å²) in [5.74, 6) is 0. The maximum absolute atomic E-state index is 11.3. The third-order valence-corrected chi connectivity index (χ3v) is 6.62. The van der Waals surface area contributed by atoms with E-state index in [0.29, 0.717) is 0 Å². The van der Waals surface area contributed by atoms with E-state index in [1.807, 2.05) is 0 Å². The minimum absolute atomic E-state index is 0. The van der Waals surface area contributed by atoms with E-state index in [1.165, 1.54) is 0 Å². The molecule has 0 amide bonds. The van der Waals surface area contributed by atoms with E-state index in [2.05, 4.69) is 20.9 Å². The number of benzene rings is 1. The average Bonchev–Trinajstić information content (AvgIpc) is 2.26. The fraction of sp³-hybridized carbons (Fsp3) is 0.143. The van der Waals surface area contributed by atoms with E-state index in [9.17, 15) is 25.3 Å². The molecule has 0 bridgehead atoms. The van der Waals surface area contributed by atoms with Crippen molar-refractivity contribution >= 4 is 52.0 Å². The van der Waals surface area contributed by atoms with Gasteiger partial charge in [0.15, 0.2) is 9.87 Å². The lowest BCUT2D eigenvalue weighted by atomic mass is 10.2. The van der Waals surface area contributed by atoms with Crippen molar-refractivity contribution in [2.45, 2.75) is 21.6 Å². The van der Waals surface area contributed by atoms with Gasteiger partial charge in [-0.3, -0.25) is 13.7 Å². The molecule has 23 heavy (non-hydrogen) atoms. The minimum atomic E-state index is -5.48. The van der Waals surface area contributed by atoms with Gasteiger partial charge in [-0.2, -0.15) is 25.3 Å². The maximum Gasteiger partial charge on any atom is 0.428 e. The topological polar surface area (TPSA) is 191 Å². The van der Waals surface area contributed by atoms with Crippen LogP contribution in [0.15, 0.2) is 19.2 Å². The third-order valence-electron chi connectivity index (χ3n) is 2.38. The molecule has 0 saturated heterocycles. The Bertz CT molecular complexity index is 1020. The molecule has 1 aromatic carbocycles. The van der Waals surface area contributed by atoms with Gasteiger partial charge in [-0.15, -0.1) is 0 Å². The minimum Gasteiger partial charge on any atom is -1.00 e. The first-order chi connectivity index (χ1) is 9.64. The van der Waals surface area contributed by atoms with Crippen LogP contribution in [0.25, 0.3) is 4.98 Å². The van der Waals surface area contributed by atoms with Crippen molar-refractivity contribution in [3.05, 3.63) is 15.0 Å². The Labute approximate surface area is 149 Å². The molecular weight excluding hydrogens is 512 g/mol. The van der Waals surface area contributed by atoms with Crippen molar-refractivity contribution in [1.29, 1.82) is 5.39 Å². The predicted octanol–water partition coefficient (Wildman–Crippen LogP) is -2.01. The number of hydrogen-bond acceptors (Lipinski definition) is 7. The molecule has 1 aromatic rings. The van der Waals surface area contributed by atoms with Crippen molar-refractivity contribution in [3.63, 3.8) is 0 Å². The summed E-state index contributed by atoms with van der Waals surface area (Å²) in [5.41, 5.74) is -2.06. The molecule has 0 aliphatic rings. The molecule has 130 valence electrons. The second kappa shape index (κ2) is 6.68. The van der Waals surface area contributed by atoms with Crippen LogP contribution in [0, 0.1) is 12.3 Å². The van der Waals surface area contributed by atoms with Gasteiger partial charge >= 0.3 is 25.9 Å². The highest BCUT2D eigenvalue weighted by atomic mass is 79.9. The normalized spacial score (nSPS) is 12.3.